The summed E-state index contributed by atoms with van der Waals surface area (Å²) >= 11 is 0. The van der Waals surface area contributed by atoms with Crippen molar-refractivity contribution in [3.05, 3.63) is 0 Å². The second-order valence-electron chi connectivity index (χ2n) is 5.49. The summed E-state index contributed by atoms with van der Waals surface area (Å²) in [4.78, 5) is 0. The normalized spacial score (nSPS) is 10.8. The molecule has 2 nitrogen and oxygen atoms in total. The Morgan fingerprint density at radius 3 is 1.50 bits per heavy atom. The largest absolute Gasteiger partial charge is 0.331 e. The molecule has 0 rings (SSSR count). The van der Waals surface area contributed by atoms with Gasteiger partial charge in [0.1, 0.15) is 9.12 Å². The Hall–Kier alpha value is 0.0600. The third kappa shape index (κ3) is 19.6. The van der Waals surface area contributed by atoms with E-state index >= 15 is 0 Å². The zero-order chi connectivity index (χ0) is 12.9. The molecule has 0 amide bonds. The van der Waals surface area contributed by atoms with E-state index in [0.717, 1.165) is 4.48 Å². The van der Waals surface area contributed by atoms with Crippen molar-refractivity contribution in [1.82, 2.24) is 0 Å². The molecule has 0 aromatic carbocycles. The topological polar surface area (TPSA) is 17.1 Å². The Morgan fingerprint density at radius 2 is 1.12 bits per heavy atom. The van der Waals surface area contributed by atoms with E-state index in [2.05, 4.69) is 28.1 Å². The lowest BCUT2D eigenvalue weighted by Gasteiger charge is -2.23. The number of rotatable bonds is 9. The molecule has 0 bridgehead atoms. The lowest BCUT2D eigenvalue weighted by atomic mass is 10.1. The highest BCUT2D eigenvalue weighted by Gasteiger charge is 2.04. The van der Waals surface area contributed by atoms with Crippen molar-refractivity contribution >= 4 is 9.12 Å². The molecule has 0 aromatic rings. The average Bonchev–Trinajstić information content (AvgIpc) is 2.23. The van der Waals surface area contributed by atoms with E-state index in [1.165, 1.54) is 57.9 Å². The molecule has 0 aliphatic heterocycles. The Labute approximate surface area is 105 Å². The maximum absolute atomic E-state index is 8.06. The molecule has 0 spiro atoms. The van der Waals surface area contributed by atoms with Gasteiger partial charge in [0.05, 0.1) is 27.7 Å². The molecular formula is C13H31NOP+. The van der Waals surface area contributed by atoms with E-state index in [4.69, 9.17) is 4.57 Å². The van der Waals surface area contributed by atoms with Gasteiger partial charge in [0.15, 0.2) is 0 Å². The van der Waals surface area contributed by atoms with Gasteiger partial charge in [-0.05, 0) is 12.8 Å². The summed E-state index contributed by atoms with van der Waals surface area (Å²) in [5, 5.41) is 0. The predicted octanol–water partition coefficient (Wildman–Crippen LogP) is 4.31. The summed E-state index contributed by atoms with van der Waals surface area (Å²) in [6.07, 6.45) is 11.4. The first-order chi connectivity index (χ1) is 7.56. The van der Waals surface area contributed by atoms with Crippen LogP contribution in [0, 0.1) is 0 Å². The van der Waals surface area contributed by atoms with E-state index in [-0.39, 0.29) is 0 Å². The molecule has 0 fully saturated rings. The Morgan fingerprint density at radius 1 is 0.750 bits per heavy atom. The summed E-state index contributed by atoms with van der Waals surface area (Å²) in [7, 11) is 8.56. The zero-order valence-electron chi connectivity index (χ0n) is 11.7. The van der Waals surface area contributed by atoms with Crippen LogP contribution in [0.1, 0.15) is 58.3 Å². The molecule has 0 aliphatic rings. The van der Waals surface area contributed by atoms with Crippen LogP contribution in [0.25, 0.3) is 0 Å². The van der Waals surface area contributed by atoms with Crippen LogP contribution in [-0.4, -0.2) is 32.2 Å². The van der Waals surface area contributed by atoms with E-state index in [1.54, 1.807) is 9.12 Å². The van der Waals surface area contributed by atoms with Crippen molar-refractivity contribution in [2.45, 2.75) is 58.3 Å². The van der Waals surface area contributed by atoms with Gasteiger partial charge in [0.2, 0.25) is 0 Å². The van der Waals surface area contributed by atoms with Gasteiger partial charge in [-0.1, -0.05) is 45.4 Å². The monoisotopic (exact) mass is 248 g/mol. The fourth-order valence-electron chi connectivity index (χ4n) is 1.72. The third-order valence-corrected chi connectivity index (χ3v) is 2.68. The minimum atomic E-state index is 1.12. The number of hydrogen-bond donors (Lipinski definition) is 0. The molecule has 3 heteroatoms. The van der Waals surface area contributed by atoms with E-state index in [1.807, 2.05) is 0 Å². The number of hydrogen-bond acceptors (Lipinski definition) is 1. The molecule has 0 saturated heterocycles. The molecule has 0 heterocycles. The van der Waals surface area contributed by atoms with E-state index in [0.29, 0.717) is 0 Å². The lowest BCUT2D eigenvalue weighted by Crippen LogP contribution is -2.35. The highest BCUT2D eigenvalue weighted by atomic mass is 31.0. The van der Waals surface area contributed by atoms with Crippen molar-refractivity contribution < 1.29 is 9.05 Å². The van der Waals surface area contributed by atoms with Gasteiger partial charge in [0.25, 0.3) is 0 Å². The fraction of sp³-hybridized carbons (Fsp3) is 1.00. The van der Waals surface area contributed by atoms with Crippen molar-refractivity contribution in [3.63, 3.8) is 0 Å². The standard InChI is InChI=1S/C13H30N.HOP/c1-5-6-7-8-9-10-11-12-13-14(2,3)4;1-2/h5-13H2,1-4H3;2H/q+1;. The third-order valence-electron chi connectivity index (χ3n) is 2.68. The van der Waals surface area contributed by atoms with Crippen LogP contribution in [0.5, 0.6) is 0 Å². The van der Waals surface area contributed by atoms with Gasteiger partial charge in [0, 0.05) is 0 Å². The minimum absolute atomic E-state index is 1.12. The molecule has 0 N–H and O–H groups in total. The number of quaternary nitrogens is 1. The Bertz CT molecular complexity index is 134. The van der Waals surface area contributed by atoms with Crippen molar-refractivity contribution in [1.29, 1.82) is 0 Å². The van der Waals surface area contributed by atoms with Crippen LogP contribution in [-0.2, 0) is 4.57 Å². The molecular weight excluding hydrogens is 217 g/mol. The van der Waals surface area contributed by atoms with Crippen LogP contribution in [0.15, 0.2) is 0 Å². The maximum atomic E-state index is 8.06. The van der Waals surface area contributed by atoms with Crippen LogP contribution in [0.4, 0.5) is 0 Å². The van der Waals surface area contributed by atoms with Gasteiger partial charge >= 0.3 is 0 Å². The molecule has 0 radical (unpaired) electrons. The fourth-order valence-corrected chi connectivity index (χ4v) is 1.72. The van der Waals surface area contributed by atoms with Crippen LogP contribution in [0.2, 0.25) is 0 Å². The van der Waals surface area contributed by atoms with Crippen LogP contribution < -0.4 is 0 Å². The SMILES string of the molecule is CCCCCCCCCC[N+](C)(C)C.O=P. The van der Waals surface area contributed by atoms with Crippen molar-refractivity contribution in [2.24, 2.45) is 0 Å². The predicted molar refractivity (Wildman–Crippen MR) is 74.5 cm³/mol. The second-order valence-corrected chi connectivity index (χ2v) is 5.49. The molecule has 0 unspecified atom stereocenters. The number of nitrogens with zero attached hydrogens (tertiary/aromatic N) is 1. The lowest BCUT2D eigenvalue weighted by molar-refractivity contribution is -0.870. The smallest absolute Gasteiger partial charge is 0.138 e. The number of unbranched alkanes of at least 4 members (excludes halogenated alkanes) is 7. The van der Waals surface area contributed by atoms with Crippen molar-refractivity contribution in [3.8, 4) is 0 Å². The summed E-state index contributed by atoms with van der Waals surface area (Å²) in [6.45, 7) is 3.61. The van der Waals surface area contributed by atoms with E-state index < -0.39 is 0 Å². The molecule has 98 valence electrons. The Balaban J connectivity index is 0. The molecule has 0 aromatic heterocycles. The highest BCUT2D eigenvalue weighted by molar-refractivity contribution is 7.00. The van der Waals surface area contributed by atoms with Gasteiger partial charge in [-0.15, -0.1) is 0 Å². The molecule has 0 aliphatic carbocycles. The van der Waals surface area contributed by atoms with Crippen molar-refractivity contribution in [2.75, 3.05) is 27.7 Å². The first-order valence-corrected chi connectivity index (χ1v) is 6.98. The molecule has 0 atom stereocenters. The first kappa shape index (κ1) is 18.4. The minimum Gasteiger partial charge on any atom is -0.331 e. The first-order valence-electron chi connectivity index (χ1n) is 6.57. The van der Waals surface area contributed by atoms with Crippen LogP contribution >= 0.6 is 9.12 Å². The summed E-state index contributed by atoms with van der Waals surface area (Å²) in [5.41, 5.74) is 0. The van der Waals surface area contributed by atoms with Crippen LogP contribution in [0.3, 0.4) is 0 Å². The Kier molecular flexibility index (Phi) is 15.1. The quantitative estimate of drug-likeness (QED) is 0.337. The zero-order valence-corrected chi connectivity index (χ0v) is 12.7. The van der Waals surface area contributed by atoms with Gasteiger partial charge in [-0.25, -0.2) is 0 Å². The summed E-state index contributed by atoms with van der Waals surface area (Å²) < 4.78 is 9.18. The van der Waals surface area contributed by atoms with E-state index in [9.17, 15) is 0 Å². The summed E-state index contributed by atoms with van der Waals surface area (Å²) in [5.74, 6) is 0. The van der Waals surface area contributed by atoms with Gasteiger partial charge in [-0.2, -0.15) is 0 Å². The molecule has 0 saturated carbocycles. The van der Waals surface area contributed by atoms with Gasteiger partial charge < -0.3 is 4.48 Å². The average molecular weight is 248 g/mol. The molecule has 16 heavy (non-hydrogen) atoms. The maximum Gasteiger partial charge on any atom is 0.138 e. The van der Waals surface area contributed by atoms with Gasteiger partial charge in [-0.3, -0.25) is 4.57 Å². The summed E-state index contributed by atoms with van der Waals surface area (Å²) in [6, 6.07) is 0. The highest BCUT2D eigenvalue weighted by Crippen LogP contribution is 2.09. The second kappa shape index (κ2) is 13.1.